The van der Waals surface area contributed by atoms with E-state index in [0.717, 1.165) is 33.8 Å². The minimum Gasteiger partial charge on any atom is -0.456 e. The monoisotopic (exact) mass is 399 g/mol. The summed E-state index contributed by atoms with van der Waals surface area (Å²) in [6.45, 7) is 4.40. The summed E-state index contributed by atoms with van der Waals surface area (Å²) in [7, 11) is 0. The number of aromatic nitrogens is 3. The average molecular weight is 400 g/mol. The first kappa shape index (κ1) is 17.8. The molecule has 5 rings (SSSR count). The smallest absolute Gasteiger partial charge is 0.226 e. The van der Waals surface area contributed by atoms with Crippen LogP contribution in [-0.2, 0) is 5.41 Å². The van der Waals surface area contributed by atoms with Crippen molar-refractivity contribution in [1.82, 2.24) is 15.0 Å². The van der Waals surface area contributed by atoms with Crippen molar-refractivity contribution in [2.45, 2.75) is 19.3 Å². The van der Waals surface area contributed by atoms with Gasteiger partial charge in [0.25, 0.3) is 0 Å². The summed E-state index contributed by atoms with van der Waals surface area (Å²) < 4.78 is 6.34. The van der Waals surface area contributed by atoms with E-state index in [1.807, 2.05) is 60.7 Å². The lowest BCUT2D eigenvalue weighted by molar-refractivity contribution is 0.419. The summed E-state index contributed by atoms with van der Waals surface area (Å²) >= 11 is 6.27. The van der Waals surface area contributed by atoms with Gasteiger partial charge < -0.3 is 4.74 Å². The normalized spacial score (nSPS) is 13.9. The maximum absolute atomic E-state index is 6.34. The zero-order valence-electron chi connectivity index (χ0n) is 16.1. The number of ether oxygens (including phenoxy) is 1. The van der Waals surface area contributed by atoms with Crippen LogP contribution >= 0.6 is 11.6 Å². The SMILES string of the molecule is CC1(C)c2ccccc2Oc2c(-c3nc(Cl)nc(-c4ccccc4)n3)cccc21. The Morgan fingerprint density at radius 1 is 0.724 bits per heavy atom. The van der Waals surface area contributed by atoms with Crippen molar-refractivity contribution in [2.75, 3.05) is 0 Å². The molecule has 142 valence electrons. The molecule has 0 bridgehead atoms. The predicted octanol–water partition coefficient (Wildman–Crippen LogP) is 6.29. The van der Waals surface area contributed by atoms with E-state index < -0.39 is 0 Å². The van der Waals surface area contributed by atoms with Gasteiger partial charge in [0.1, 0.15) is 11.5 Å². The first-order valence-electron chi connectivity index (χ1n) is 9.42. The number of rotatable bonds is 2. The summed E-state index contributed by atoms with van der Waals surface area (Å²) in [5.74, 6) is 2.64. The van der Waals surface area contributed by atoms with Gasteiger partial charge in [-0.15, -0.1) is 0 Å². The van der Waals surface area contributed by atoms with Gasteiger partial charge in [0, 0.05) is 22.1 Å². The molecular weight excluding hydrogens is 382 g/mol. The second kappa shape index (κ2) is 6.68. The standard InChI is InChI=1S/C24H18ClN3O/c1-24(2)17-12-6-7-14-19(17)29-20-16(11-8-13-18(20)24)22-26-21(27-23(25)28-22)15-9-4-3-5-10-15/h3-14H,1-2H3. The highest BCUT2D eigenvalue weighted by Crippen LogP contribution is 2.50. The van der Waals surface area contributed by atoms with Crippen LogP contribution < -0.4 is 4.74 Å². The van der Waals surface area contributed by atoms with Crippen LogP contribution in [0.25, 0.3) is 22.8 Å². The number of benzene rings is 3. The van der Waals surface area contributed by atoms with Gasteiger partial charge in [-0.05, 0) is 23.7 Å². The molecule has 3 aromatic carbocycles. The molecule has 0 spiro atoms. The summed E-state index contributed by atoms with van der Waals surface area (Å²) in [6, 6.07) is 23.9. The Morgan fingerprint density at radius 2 is 1.41 bits per heavy atom. The zero-order chi connectivity index (χ0) is 20.0. The van der Waals surface area contributed by atoms with Crippen molar-refractivity contribution < 1.29 is 4.74 Å². The summed E-state index contributed by atoms with van der Waals surface area (Å²) in [4.78, 5) is 13.4. The van der Waals surface area contributed by atoms with Crippen LogP contribution in [-0.4, -0.2) is 15.0 Å². The van der Waals surface area contributed by atoms with Crippen molar-refractivity contribution in [1.29, 1.82) is 0 Å². The van der Waals surface area contributed by atoms with E-state index in [2.05, 4.69) is 35.9 Å². The van der Waals surface area contributed by atoms with Crippen molar-refractivity contribution in [3.05, 3.63) is 89.2 Å². The quantitative estimate of drug-likeness (QED) is 0.397. The van der Waals surface area contributed by atoms with Crippen LogP contribution in [0.2, 0.25) is 5.28 Å². The van der Waals surface area contributed by atoms with Crippen LogP contribution in [0.1, 0.15) is 25.0 Å². The number of hydrogen-bond donors (Lipinski definition) is 0. The van der Waals surface area contributed by atoms with Gasteiger partial charge >= 0.3 is 0 Å². The fourth-order valence-corrected chi connectivity index (χ4v) is 3.99. The Bertz CT molecular complexity index is 1220. The predicted molar refractivity (Wildman–Crippen MR) is 114 cm³/mol. The van der Waals surface area contributed by atoms with E-state index in [1.165, 1.54) is 0 Å². The number of hydrogen-bond acceptors (Lipinski definition) is 4. The van der Waals surface area contributed by atoms with Crippen LogP contribution in [0, 0.1) is 0 Å². The van der Waals surface area contributed by atoms with Crippen molar-refractivity contribution >= 4 is 11.6 Å². The van der Waals surface area contributed by atoms with Crippen LogP contribution in [0.4, 0.5) is 0 Å². The van der Waals surface area contributed by atoms with Crippen LogP contribution in [0.5, 0.6) is 11.5 Å². The topological polar surface area (TPSA) is 47.9 Å². The van der Waals surface area contributed by atoms with Gasteiger partial charge in [-0.25, -0.2) is 4.98 Å². The molecule has 0 amide bonds. The molecule has 1 aromatic heterocycles. The lowest BCUT2D eigenvalue weighted by Gasteiger charge is -2.35. The first-order valence-corrected chi connectivity index (χ1v) is 9.80. The fraction of sp³-hybridized carbons (Fsp3) is 0.125. The summed E-state index contributed by atoms with van der Waals surface area (Å²) in [6.07, 6.45) is 0. The number of nitrogens with zero attached hydrogens (tertiary/aromatic N) is 3. The van der Waals surface area contributed by atoms with Gasteiger partial charge in [-0.1, -0.05) is 74.5 Å². The highest BCUT2D eigenvalue weighted by molar-refractivity contribution is 6.28. The van der Waals surface area contributed by atoms with E-state index in [1.54, 1.807) is 0 Å². The van der Waals surface area contributed by atoms with Crippen LogP contribution in [0.3, 0.4) is 0 Å². The minimum atomic E-state index is -0.209. The third-order valence-corrected chi connectivity index (χ3v) is 5.51. The molecule has 0 atom stereocenters. The fourth-order valence-electron chi connectivity index (χ4n) is 3.83. The Morgan fingerprint density at radius 3 is 2.24 bits per heavy atom. The highest BCUT2D eigenvalue weighted by Gasteiger charge is 2.35. The molecule has 0 aliphatic carbocycles. The third kappa shape index (κ3) is 2.97. The molecule has 2 heterocycles. The molecular formula is C24H18ClN3O. The van der Waals surface area contributed by atoms with Crippen molar-refractivity contribution in [3.8, 4) is 34.3 Å². The molecule has 0 saturated heterocycles. The third-order valence-electron chi connectivity index (χ3n) is 5.34. The Labute approximate surface area is 174 Å². The maximum Gasteiger partial charge on any atom is 0.226 e. The largest absolute Gasteiger partial charge is 0.456 e. The van der Waals surface area contributed by atoms with E-state index >= 15 is 0 Å². The Kier molecular flexibility index (Phi) is 4.10. The Hall–Kier alpha value is -3.24. The van der Waals surface area contributed by atoms with E-state index in [-0.39, 0.29) is 10.7 Å². The molecule has 1 aliphatic heterocycles. The molecule has 0 unspecified atom stereocenters. The molecule has 0 fully saturated rings. The van der Waals surface area contributed by atoms with Gasteiger partial charge in [0.15, 0.2) is 11.6 Å². The van der Waals surface area contributed by atoms with Crippen LogP contribution in [0.15, 0.2) is 72.8 Å². The minimum absolute atomic E-state index is 0.155. The van der Waals surface area contributed by atoms with Gasteiger partial charge in [0.05, 0.1) is 5.56 Å². The maximum atomic E-state index is 6.34. The van der Waals surface area contributed by atoms with E-state index in [0.29, 0.717) is 11.6 Å². The average Bonchev–Trinajstić information content (AvgIpc) is 2.74. The lowest BCUT2D eigenvalue weighted by atomic mass is 9.75. The van der Waals surface area contributed by atoms with Gasteiger partial charge in [0.2, 0.25) is 5.28 Å². The lowest BCUT2D eigenvalue weighted by Crippen LogP contribution is -2.24. The second-order valence-corrected chi connectivity index (χ2v) is 7.86. The molecule has 0 N–H and O–H groups in total. The molecule has 4 aromatic rings. The number of halogens is 1. The Balaban J connectivity index is 1.70. The van der Waals surface area contributed by atoms with Crippen molar-refractivity contribution in [2.24, 2.45) is 0 Å². The number of fused-ring (bicyclic) bond motifs is 2. The number of para-hydroxylation sites is 2. The van der Waals surface area contributed by atoms with E-state index in [9.17, 15) is 0 Å². The molecule has 29 heavy (non-hydrogen) atoms. The van der Waals surface area contributed by atoms with Crippen molar-refractivity contribution in [3.63, 3.8) is 0 Å². The van der Waals surface area contributed by atoms with Gasteiger partial charge in [-0.2, -0.15) is 9.97 Å². The first-order chi connectivity index (χ1) is 14.0. The molecule has 5 heteroatoms. The molecule has 0 radical (unpaired) electrons. The zero-order valence-corrected chi connectivity index (χ0v) is 16.8. The van der Waals surface area contributed by atoms with E-state index in [4.69, 9.17) is 21.3 Å². The summed E-state index contributed by atoms with van der Waals surface area (Å²) in [5, 5.41) is 0.155. The summed E-state index contributed by atoms with van der Waals surface area (Å²) in [5.41, 5.74) is 3.72. The van der Waals surface area contributed by atoms with Gasteiger partial charge in [-0.3, -0.25) is 0 Å². The molecule has 0 saturated carbocycles. The second-order valence-electron chi connectivity index (χ2n) is 7.52. The highest BCUT2D eigenvalue weighted by atomic mass is 35.5. The molecule has 1 aliphatic rings. The molecule has 4 nitrogen and oxygen atoms in total.